The third-order valence-electron chi connectivity index (χ3n) is 2.25. The normalized spacial score (nSPS) is 14.3. The fraction of sp³-hybridized carbons (Fsp3) is 1.00. The SMILES string of the molecule is CC(C)(C)[PH+](C(C)(C)C)C(C)(C)C.F[B-](F)(F)F.[H+]. The second-order valence-corrected chi connectivity index (χ2v) is 12.9. The van der Waals surface area contributed by atoms with Crippen LogP contribution < -0.4 is 0 Å². The van der Waals surface area contributed by atoms with Gasteiger partial charge in [0.15, 0.2) is 0 Å². The van der Waals surface area contributed by atoms with Crippen LogP contribution in [0.1, 0.15) is 63.7 Å². The van der Waals surface area contributed by atoms with E-state index in [-0.39, 0.29) is 1.43 Å². The van der Waals surface area contributed by atoms with Crippen molar-refractivity contribution in [3.8, 4) is 0 Å². The van der Waals surface area contributed by atoms with Gasteiger partial charge in [0.25, 0.3) is 0 Å². The van der Waals surface area contributed by atoms with Crippen LogP contribution in [0.5, 0.6) is 0 Å². The topological polar surface area (TPSA) is 0 Å². The lowest BCUT2D eigenvalue weighted by Gasteiger charge is -2.42. The van der Waals surface area contributed by atoms with Crippen LogP contribution in [0, 0.1) is 0 Å². The first-order chi connectivity index (χ1) is 7.37. The molecule has 0 aliphatic rings. The summed E-state index contributed by atoms with van der Waals surface area (Å²) < 4.78 is 39.0. The minimum Gasteiger partial charge on any atom is -0.418 e. The molecule has 0 amide bonds. The second kappa shape index (κ2) is 6.11. The molecule has 18 heavy (non-hydrogen) atoms. The zero-order valence-corrected chi connectivity index (χ0v) is 14.1. The Bertz CT molecular complexity index is 209. The van der Waals surface area contributed by atoms with Crippen molar-refractivity contribution in [2.75, 3.05) is 0 Å². The zero-order valence-electron chi connectivity index (χ0n) is 14.1. The first kappa shape index (κ1) is 20.5. The van der Waals surface area contributed by atoms with E-state index >= 15 is 0 Å². The van der Waals surface area contributed by atoms with Crippen LogP contribution in [0.25, 0.3) is 0 Å². The summed E-state index contributed by atoms with van der Waals surface area (Å²) in [6.07, 6.45) is 0. The van der Waals surface area contributed by atoms with E-state index in [1.165, 1.54) is 0 Å². The molecule has 0 nitrogen and oxygen atoms in total. The lowest BCUT2D eigenvalue weighted by atomic mass is 10.2. The Hall–Kier alpha value is 0.215. The van der Waals surface area contributed by atoms with Crippen molar-refractivity contribution < 1.29 is 18.7 Å². The van der Waals surface area contributed by atoms with Crippen molar-refractivity contribution in [2.45, 2.75) is 77.8 Å². The Morgan fingerprint density at radius 2 is 0.722 bits per heavy atom. The average Bonchev–Trinajstić information content (AvgIpc) is 1.65. The van der Waals surface area contributed by atoms with Crippen molar-refractivity contribution in [3.05, 3.63) is 0 Å². The summed E-state index contributed by atoms with van der Waals surface area (Å²) >= 11 is 0. The number of hydrogen-bond acceptors (Lipinski definition) is 0. The van der Waals surface area contributed by atoms with Gasteiger partial charge in [-0.15, -0.1) is 0 Å². The first-order valence-corrected chi connectivity index (χ1v) is 7.62. The molecule has 0 aliphatic carbocycles. The summed E-state index contributed by atoms with van der Waals surface area (Å²) in [6, 6.07) is 0. The van der Waals surface area contributed by atoms with Gasteiger partial charge in [-0.25, -0.2) is 0 Å². The Morgan fingerprint density at radius 3 is 0.722 bits per heavy atom. The molecule has 112 valence electrons. The first-order valence-electron chi connectivity index (χ1n) is 6.12. The molecule has 0 heterocycles. The highest BCUT2D eigenvalue weighted by molar-refractivity contribution is 7.62. The Labute approximate surface area is 112 Å². The van der Waals surface area contributed by atoms with Crippen LogP contribution in [-0.4, -0.2) is 22.7 Å². The van der Waals surface area contributed by atoms with Crippen LogP contribution in [0.15, 0.2) is 0 Å². The predicted molar refractivity (Wildman–Crippen MR) is 78.9 cm³/mol. The maximum atomic E-state index is 9.75. The fourth-order valence-corrected chi connectivity index (χ4v) is 10.1. The van der Waals surface area contributed by atoms with E-state index in [1.807, 2.05) is 0 Å². The Morgan fingerprint density at radius 1 is 0.611 bits per heavy atom. The van der Waals surface area contributed by atoms with Gasteiger partial charge in [0.1, 0.15) is 0 Å². The lowest BCUT2D eigenvalue weighted by molar-refractivity contribution is 0.368. The fourth-order valence-electron chi connectivity index (χ4n) is 3.38. The molecule has 0 atom stereocenters. The van der Waals surface area contributed by atoms with Gasteiger partial charge >= 0.3 is 8.68 Å². The summed E-state index contributed by atoms with van der Waals surface area (Å²) in [5.74, 6) is 0. The van der Waals surface area contributed by atoms with E-state index in [1.54, 1.807) is 0 Å². The molecule has 0 spiro atoms. The van der Waals surface area contributed by atoms with E-state index in [0.717, 1.165) is 0 Å². The van der Waals surface area contributed by atoms with Gasteiger partial charge in [-0.3, -0.25) is 0 Å². The summed E-state index contributed by atoms with van der Waals surface area (Å²) in [5.41, 5.74) is 0. The molecule has 0 aliphatic heterocycles. The molecule has 0 saturated carbocycles. The second-order valence-electron chi connectivity index (χ2n) is 7.62. The maximum Gasteiger partial charge on any atom is 1.00 e. The highest BCUT2D eigenvalue weighted by atomic mass is 31.1. The molecule has 0 N–H and O–H groups in total. The molecule has 0 unspecified atom stereocenters. The smallest absolute Gasteiger partial charge is 0.418 e. The monoisotopic (exact) mass is 291 g/mol. The zero-order chi connectivity index (χ0) is 15.6. The molecule has 6 heteroatoms. The number of hydrogen-bond donors (Lipinski definition) is 0. The molecule has 0 rings (SSSR count). The number of halogens is 4. The molecule has 0 aromatic rings. The third kappa shape index (κ3) is 11.3. The van der Waals surface area contributed by atoms with Crippen LogP contribution in [0.4, 0.5) is 17.3 Å². The van der Waals surface area contributed by atoms with Crippen molar-refractivity contribution >= 4 is 15.2 Å². The Kier molecular flexibility index (Phi) is 6.97. The summed E-state index contributed by atoms with van der Waals surface area (Å²) in [4.78, 5) is 0. The Balaban J connectivity index is -0.000000366. The highest BCUT2D eigenvalue weighted by Crippen LogP contribution is 2.66. The molecule has 0 aromatic carbocycles. The largest absolute Gasteiger partial charge is 1.00 e. The van der Waals surface area contributed by atoms with Crippen LogP contribution >= 0.6 is 7.92 Å². The summed E-state index contributed by atoms with van der Waals surface area (Å²) in [7, 11) is -6.39. The lowest BCUT2D eigenvalue weighted by Crippen LogP contribution is -2.34. The van der Waals surface area contributed by atoms with Crippen molar-refractivity contribution in [1.29, 1.82) is 0 Å². The molecule has 0 fully saturated rings. The van der Waals surface area contributed by atoms with Gasteiger partial charge in [0.05, 0.1) is 15.5 Å². The minimum atomic E-state index is -6.00. The van der Waals surface area contributed by atoms with E-state index in [9.17, 15) is 17.3 Å². The van der Waals surface area contributed by atoms with Crippen molar-refractivity contribution in [3.63, 3.8) is 0 Å². The standard InChI is InChI=1S/C12H27P.BF4/c1-10(2,3)13(11(4,5)6)12(7,8)9;2-1(3,4)5/h1-9H3;/q;-1/p+2. The van der Waals surface area contributed by atoms with E-state index in [2.05, 4.69) is 62.3 Å². The van der Waals surface area contributed by atoms with E-state index in [0.29, 0.717) is 15.5 Å². The minimum absolute atomic E-state index is 0. The third-order valence-corrected chi connectivity index (χ3v) is 6.75. The summed E-state index contributed by atoms with van der Waals surface area (Å²) in [6.45, 7) is 21.6. The van der Waals surface area contributed by atoms with Gasteiger partial charge in [0, 0.05) is 7.92 Å². The molecule has 0 aromatic heterocycles. The molecule has 0 radical (unpaired) electrons. The summed E-state index contributed by atoms with van der Waals surface area (Å²) in [5, 5.41) is 1.46. The highest BCUT2D eigenvalue weighted by Gasteiger charge is 2.49. The van der Waals surface area contributed by atoms with E-state index < -0.39 is 15.2 Å². The molecular weight excluding hydrogens is 262 g/mol. The number of rotatable bonds is 0. The van der Waals surface area contributed by atoms with E-state index in [4.69, 9.17) is 0 Å². The quantitative estimate of drug-likeness (QED) is 0.291. The van der Waals surface area contributed by atoms with Crippen molar-refractivity contribution in [1.82, 2.24) is 0 Å². The molecule has 0 bridgehead atoms. The maximum absolute atomic E-state index is 9.75. The van der Waals surface area contributed by atoms with Gasteiger partial charge in [-0.05, 0) is 62.3 Å². The van der Waals surface area contributed by atoms with Crippen LogP contribution in [-0.2, 0) is 0 Å². The van der Waals surface area contributed by atoms with Gasteiger partial charge < -0.3 is 17.3 Å². The molecule has 0 saturated heterocycles. The average molecular weight is 291 g/mol. The predicted octanol–water partition coefficient (Wildman–Crippen LogP) is 6.01. The van der Waals surface area contributed by atoms with Crippen LogP contribution in [0.2, 0.25) is 0 Å². The van der Waals surface area contributed by atoms with Gasteiger partial charge in [-0.2, -0.15) is 0 Å². The van der Waals surface area contributed by atoms with Gasteiger partial charge in [0.2, 0.25) is 0 Å². The van der Waals surface area contributed by atoms with Crippen LogP contribution in [0.3, 0.4) is 0 Å². The van der Waals surface area contributed by atoms with Gasteiger partial charge in [-0.1, -0.05) is 0 Å². The molecular formula is C12H29BF4P+. The van der Waals surface area contributed by atoms with Crippen molar-refractivity contribution in [2.24, 2.45) is 0 Å².